The number of amides is 1. The Labute approximate surface area is 174 Å². The Morgan fingerprint density at radius 1 is 1.10 bits per heavy atom. The molecule has 0 spiro atoms. The molecule has 0 saturated heterocycles. The highest BCUT2D eigenvalue weighted by molar-refractivity contribution is 6.19. The highest BCUT2D eigenvalue weighted by Crippen LogP contribution is 2.29. The van der Waals surface area contributed by atoms with Gasteiger partial charge < -0.3 is 32.1 Å². The number of rotatable bonds is 5. The van der Waals surface area contributed by atoms with Crippen molar-refractivity contribution in [3.63, 3.8) is 0 Å². The quantitative estimate of drug-likeness (QED) is 0.411. The summed E-state index contributed by atoms with van der Waals surface area (Å²) in [5.74, 6) is 1.82. The van der Waals surface area contributed by atoms with Crippen LogP contribution in [0.15, 0.2) is 52.7 Å². The van der Waals surface area contributed by atoms with Gasteiger partial charge in [-0.3, -0.25) is 0 Å². The van der Waals surface area contributed by atoms with Gasteiger partial charge in [-0.15, -0.1) is 5.10 Å². The summed E-state index contributed by atoms with van der Waals surface area (Å²) in [4.78, 5) is 11.5. The Morgan fingerprint density at radius 2 is 1.79 bits per heavy atom. The van der Waals surface area contributed by atoms with Crippen molar-refractivity contribution in [3.05, 3.63) is 59.2 Å². The number of quaternary nitrogens is 1. The van der Waals surface area contributed by atoms with Crippen LogP contribution in [0.1, 0.15) is 23.6 Å². The Hall–Kier alpha value is -3.14. The first-order chi connectivity index (χ1) is 13.2. The largest absolute Gasteiger partial charge is 1.00 e. The molecule has 0 saturated carbocycles. The van der Waals surface area contributed by atoms with E-state index in [0.717, 1.165) is 22.4 Å². The maximum absolute atomic E-state index is 11.5. The number of carbonyl (C=O) groups excluding carboxylic acids is 1. The van der Waals surface area contributed by atoms with Crippen LogP contribution in [0.25, 0.3) is 0 Å². The van der Waals surface area contributed by atoms with E-state index in [4.69, 9.17) is 14.2 Å². The number of nitrogens with zero attached hydrogens (tertiary/aromatic N) is 2. The molecular weight excluding hydrogens is 400 g/mol. The molecule has 156 valence electrons. The van der Waals surface area contributed by atoms with Crippen LogP contribution in [0, 0.1) is 0 Å². The number of benzene rings is 2. The number of nitrogens with two attached hydrogens (primary N) is 1. The van der Waals surface area contributed by atoms with E-state index < -0.39 is 6.09 Å². The molecule has 0 radical (unpaired) electrons. The molecule has 1 heterocycles. The number of ether oxygens (including phenoxy) is 3. The van der Waals surface area contributed by atoms with Crippen LogP contribution in [-0.2, 0) is 4.74 Å². The number of amidine groups is 1. The Balaban J connectivity index is 0.00000210. The monoisotopic (exact) mass is 422 g/mol. The van der Waals surface area contributed by atoms with E-state index in [0.29, 0.717) is 17.3 Å². The van der Waals surface area contributed by atoms with E-state index in [2.05, 4.69) is 15.6 Å². The lowest BCUT2D eigenvalue weighted by Crippen LogP contribution is -3.00. The molecule has 3 rings (SSSR count). The van der Waals surface area contributed by atoms with Crippen molar-refractivity contribution in [3.8, 4) is 11.5 Å². The van der Waals surface area contributed by atoms with Crippen LogP contribution in [-0.4, -0.2) is 43.9 Å². The standard InChI is InChI=1S/C19H20N4O4.ClH.H2O/c1-4-27-19(24)23-22-18-14-8-6-5-7-13(14)17(20-21-18)12-9-10-15(25-2)16(11-12)26-3;;/h5-11H,4H2,1-3H3,(H,21,22)(H,23,24);1H;1H2. The Morgan fingerprint density at radius 3 is 2.45 bits per heavy atom. The number of nitrogens with one attached hydrogen (secondary N) is 1. The molecule has 0 fully saturated rings. The number of hydrazone groups is 1. The van der Waals surface area contributed by atoms with Crippen molar-refractivity contribution >= 4 is 17.6 Å². The molecule has 10 heteroatoms. The first-order valence-electron chi connectivity index (χ1n) is 8.41. The number of halogens is 1. The highest BCUT2D eigenvalue weighted by atomic mass is 35.5. The van der Waals surface area contributed by atoms with Crippen molar-refractivity contribution in [2.45, 2.75) is 6.92 Å². The van der Waals surface area contributed by atoms with Gasteiger partial charge in [0.15, 0.2) is 11.5 Å². The number of hydrogen-bond donors (Lipinski definition) is 2. The van der Waals surface area contributed by atoms with E-state index in [9.17, 15) is 4.79 Å². The lowest BCUT2D eigenvalue weighted by atomic mass is 9.95. The maximum atomic E-state index is 11.5. The van der Waals surface area contributed by atoms with E-state index in [1.165, 1.54) is 0 Å². The van der Waals surface area contributed by atoms with Crippen LogP contribution in [0.2, 0.25) is 0 Å². The van der Waals surface area contributed by atoms with Gasteiger partial charge in [0.1, 0.15) is 5.71 Å². The molecule has 0 atom stereocenters. The summed E-state index contributed by atoms with van der Waals surface area (Å²) in [6.07, 6.45) is -0.606. The number of fused-ring (bicyclic) bond motifs is 1. The van der Waals surface area contributed by atoms with Crippen LogP contribution in [0.3, 0.4) is 0 Å². The fourth-order valence-corrected chi connectivity index (χ4v) is 2.75. The molecule has 9 nitrogen and oxygen atoms in total. The summed E-state index contributed by atoms with van der Waals surface area (Å²) in [6.45, 7) is 2.01. The second kappa shape index (κ2) is 11.0. The zero-order valence-electron chi connectivity index (χ0n) is 16.2. The molecule has 0 aliphatic carbocycles. The summed E-state index contributed by atoms with van der Waals surface area (Å²) < 4.78 is 15.5. The topological polar surface area (TPSA) is 130 Å². The van der Waals surface area contributed by atoms with Crippen molar-refractivity contribution in [2.75, 3.05) is 20.8 Å². The predicted octanol–water partition coefficient (Wildman–Crippen LogP) is -2.38. The molecule has 2 aromatic rings. The molecule has 0 bridgehead atoms. The van der Waals surface area contributed by atoms with Gasteiger partial charge in [0.25, 0.3) is 5.84 Å². The first kappa shape index (κ1) is 23.9. The number of methoxy groups -OCH3 is 2. The predicted molar refractivity (Wildman–Crippen MR) is 104 cm³/mol. The first-order valence-corrected chi connectivity index (χ1v) is 8.41. The lowest BCUT2D eigenvalue weighted by Gasteiger charge is -2.16. The van der Waals surface area contributed by atoms with Gasteiger partial charge in [-0.05, 0) is 31.2 Å². The van der Waals surface area contributed by atoms with Crippen LogP contribution < -0.4 is 32.7 Å². The van der Waals surface area contributed by atoms with Gasteiger partial charge in [-0.2, -0.15) is 5.43 Å². The summed E-state index contributed by atoms with van der Waals surface area (Å²) in [5.41, 5.74) is 7.40. The van der Waals surface area contributed by atoms with Crippen LogP contribution in [0.4, 0.5) is 4.79 Å². The average Bonchev–Trinajstić information content (AvgIpc) is 2.71. The molecule has 1 aliphatic rings. The van der Waals surface area contributed by atoms with Gasteiger partial charge in [0, 0.05) is 11.1 Å². The smallest absolute Gasteiger partial charge is 0.427 e. The normalized spacial score (nSPS) is 13.2. The van der Waals surface area contributed by atoms with Gasteiger partial charge in [-0.1, -0.05) is 23.3 Å². The Kier molecular flexibility index (Phi) is 9.07. The minimum atomic E-state index is -0.606. The average molecular weight is 423 g/mol. The summed E-state index contributed by atoms with van der Waals surface area (Å²) in [6, 6.07) is 13.3. The molecule has 2 aromatic carbocycles. The molecular formula is C19H23ClN4O5. The third-order valence-corrected chi connectivity index (χ3v) is 3.97. The SMILES string of the molecule is CCOC(=O)N/N=C1\[NH2+]N=C(c2ccc(OC)c(OC)c2)c2ccccc21.O.[Cl-]. The molecule has 5 N–H and O–H groups in total. The van der Waals surface area contributed by atoms with Crippen LogP contribution >= 0.6 is 0 Å². The zero-order valence-corrected chi connectivity index (χ0v) is 17.0. The summed E-state index contributed by atoms with van der Waals surface area (Å²) in [7, 11) is 3.19. The van der Waals surface area contributed by atoms with E-state index in [1.54, 1.807) is 26.6 Å². The minimum Gasteiger partial charge on any atom is -1.00 e. The molecule has 0 unspecified atom stereocenters. The van der Waals surface area contributed by atoms with Crippen molar-refractivity contribution < 1.29 is 42.3 Å². The van der Waals surface area contributed by atoms with Crippen molar-refractivity contribution in [2.24, 2.45) is 10.2 Å². The van der Waals surface area contributed by atoms with E-state index in [1.807, 2.05) is 42.5 Å². The van der Waals surface area contributed by atoms with Crippen molar-refractivity contribution in [1.82, 2.24) is 5.43 Å². The minimum absolute atomic E-state index is 0. The van der Waals surface area contributed by atoms with E-state index >= 15 is 0 Å². The van der Waals surface area contributed by atoms with Gasteiger partial charge in [-0.25, -0.2) is 10.2 Å². The number of hydrogen-bond acceptors (Lipinski definition) is 6. The molecule has 1 amide bonds. The maximum Gasteiger partial charge on any atom is 0.427 e. The third kappa shape index (κ3) is 5.23. The highest BCUT2D eigenvalue weighted by Gasteiger charge is 2.25. The van der Waals surface area contributed by atoms with Crippen molar-refractivity contribution in [1.29, 1.82) is 0 Å². The second-order valence-electron chi connectivity index (χ2n) is 5.55. The zero-order chi connectivity index (χ0) is 19.2. The fraction of sp³-hybridized carbons (Fsp3) is 0.211. The number of carbonyl (C=O) groups is 1. The van der Waals surface area contributed by atoms with Crippen LogP contribution in [0.5, 0.6) is 11.5 Å². The van der Waals surface area contributed by atoms with Gasteiger partial charge in [0.05, 0.1) is 26.4 Å². The summed E-state index contributed by atoms with van der Waals surface area (Å²) in [5, 5.41) is 8.67. The third-order valence-electron chi connectivity index (χ3n) is 3.97. The molecule has 29 heavy (non-hydrogen) atoms. The van der Waals surface area contributed by atoms with Gasteiger partial charge >= 0.3 is 6.09 Å². The van der Waals surface area contributed by atoms with Gasteiger partial charge in [0.2, 0.25) is 0 Å². The lowest BCUT2D eigenvalue weighted by molar-refractivity contribution is -0.545. The fourth-order valence-electron chi connectivity index (χ4n) is 2.75. The Bertz CT molecular complexity index is 917. The van der Waals surface area contributed by atoms with E-state index in [-0.39, 0.29) is 24.5 Å². The second-order valence-corrected chi connectivity index (χ2v) is 5.55. The molecule has 0 aromatic heterocycles. The molecule has 1 aliphatic heterocycles. The summed E-state index contributed by atoms with van der Waals surface area (Å²) >= 11 is 0.